The number of rotatable bonds is 0. The van der Waals surface area contributed by atoms with Crippen molar-refractivity contribution in [3.8, 4) is 0 Å². The van der Waals surface area contributed by atoms with E-state index in [9.17, 15) is 0 Å². The molecule has 0 saturated heterocycles. The van der Waals surface area contributed by atoms with Gasteiger partial charge in [0, 0.05) is 72.3 Å². The summed E-state index contributed by atoms with van der Waals surface area (Å²) < 4.78 is 4.15. The van der Waals surface area contributed by atoms with Crippen LogP contribution in [0.1, 0.15) is 0 Å². The van der Waals surface area contributed by atoms with Crippen LogP contribution in [0.5, 0.6) is 0 Å². The molecule has 1 aromatic rings. The normalized spacial score (nSPS) is 4.00. The second kappa shape index (κ2) is 22.4. The summed E-state index contributed by atoms with van der Waals surface area (Å²) in [5, 5.41) is 3.17. The molecule has 56 valence electrons. The van der Waals surface area contributed by atoms with E-state index in [0.717, 1.165) is 0 Å². The molecule has 3 nitrogen and oxygen atoms in total. The molecule has 0 atom stereocenters. The van der Waals surface area contributed by atoms with Gasteiger partial charge in [-0.3, -0.25) is 6.26 Å². The van der Waals surface area contributed by atoms with E-state index in [1.54, 1.807) is 0 Å². The quantitative estimate of drug-likeness (QED) is 0.547. The van der Waals surface area contributed by atoms with Gasteiger partial charge in [0.1, 0.15) is 0 Å². The van der Waals surface area contributed by atoms with Crippen molar-refractivity contribution in [2.24, 2.45) is 0 Å². The Morgan fingerprint density at radius 3 is 2.00 bits per heavy atom. The van der Waals surface area contributed by atoms with Gasteiger partial charge >= 0.3 is 0 Å². The van der Waals surface area contributed by atoms with Crippen molar-refractivity contribution in [2.45, 2.75) is 0 Å². The minimum absolute atomic E-state index is 0. The Kier molecular flexibility index (Phi) is 67.2. The van der Waals surface area contributed by atoms with E-state index in [4.69, 9.17) is 0 Å². The molecule has 0 spiro atoms. The molecular formula is C4H6NO2VWY-3. The molecule has 0 aliphatic carbocycles. The van der Waals surface area contributed by atoms with E-state index in [2.05, 4.69) is 22.1 Å². The molecule has 0 aromatic carbocycles. The fraction of sp³-hybridized carbons (Fsp3) is 0. The molecule has 0 aliphatic heterocycles. The van der Waals surface area contributed by atoms with Gasteiger partial charge in [-0.2, -0.15) is 0 Å². The van der Waals surface area contributed by atoms with Gasteiger partial charge in [0.05, 0.1) is 0 Å². The van der Waals surface area contributed by atoms with E-state index in [1.807, 2.05) is 0 Å². The molecule has 10 heavy (non-hydrogen) atoms. The Hall–Kier alpha value is 1.55. The van der Waals surface area contributed by atoms with Crippen molar-refractivity contribution in [1.82, 2.24) is 5.16 Å². The smallest absolute Gasteiger partial charge is 0 e. The van der Waals surface area contributed by atoms with Crippen molar-refractivity contribution in [1.29, 1.82) is 0 Å². The summed E-state index contributed by atoms with van der Waals surface area (Å²) in [5.41, 5.74) is 0. The molecule has 0 unspecified atom stereocenters. The van der Waals surface area contributed by atoms with Crippen LogP contribution >= 0.6 is 0 Å². The summed E-state index contributed by atoms with van der Waals surface area (Å²) in [6, 6.07) is 1.47. The number of hydrogen-bond donors (Lipinski definition) is 0. The van der Waals surface area contributed by atoms with Gasteiger partial charge in [0.25, 0.3) is 0 Å². The van der Waals surface area contributed by atoms with Crippen molar-refractivity contribution in [3.05, 3.63) is 26.0 Å². The van der Waals surface area contributed by atoms with Crippen LogP contribution in [-0.4, -0.2) is 10.6 Å². The SMILES string of the molecule is O.[CH3-].[V].[W].[Y].[c-]1c[c-]on1. The number of aromatic nitrogens is 1. The van der Waals surface area contributed by atoms with E-state index >= 15 is 0 Å². The summed E-state index contributed by atoms with van der Waals surface area (Å²) in [5.74, 6) is 0. The minimum atomic E-state index is 0. The zero-order chi connectivity index (χ0) is 3.54. The summed E-state index contributed by atoms with van der Waals surface area (Å²) in [6.45, 7) is 0. The molecule has 2 N–H and O–H groups in total. The fourth-order valence-electron chi connectivity index (χ4n) is 0.132. The van der Waals surface area contributed by atoms with Crippen LogP contribution in [0.3, 0.4) is 0 Å². The van der Waals surface area contributed by atoms with E-state index in [0.29, 0.717) is 0 Å². The van der Waals surface area contributed by atoms with Crippen molar-refractivity contribution >= 4 is 0 Å². The van der Waals surface area contributed by atoms with Gasteiger partial charge in [0.2, 0.25) is 0 Å². The topological polar surface area (TPSA) is 57.5 Å². The molecule has 2 radical (unpaired) electrons. The maximum Gasteiger partial charge on any atom is 0 e. The predicted molar refractivity (Wildman–Crippen MR) is 24.2 cm³/mol. The summed E-state index contributed by atoms with van der Waals surface area (Å²) in [7, 11) is 0. The molecule has 1 aromatic heterocycles. The van der Waals surface area contributed by atoms with E-state index in [1.165, 1.54) is 6.07 Å². The average molecular weight is 424 g/mol. The first-order chi connectivity index (χ1) is 2.50. The first-order valence-electron chi connectivity index (χ1n) is 1.19. The number of hydrogen-bond acceptors (Lipinski definition) is 2. The van der Waals surface area contributed by atoms with Crippen LogP contribution < -0.4 is 0 Å². The molecule has 0 amide bonds. The van der Waals surface area contributed by atoms with Gasteiger partial charge in [0.15, 0.2) is 0 Å². The van der Waals surface area contributed by atoms with Crippen molar-refractivity contribution in [2.75, 3.05) is 0 Å². The standard InChI is InChI=1S/C3HNO.CH3.H2O.V.W.Y/c1-2-4-5-3-1;;;;;/h1H;1H3;1H2;;;/q-2;-1;;;;. The minimum Gasteiger partial charge on any atom is -0.599 e. The van der Waals surface area contributed by atoms with Gasteiger partial charge in [-0.1, -0.05) is 0 Å². The van der Waals surface area contributed by atoms with Crippen LogP contribution in [0, 0.1) is 19.9 Å². The van der Waals surface area contributed by atoms with E-state index < -0.39 is 0 Å². The van der Waals surface area contributed by atoms with Crippen LogP contribution in [0.4, 0.5) is 0 Å². The number of nitrogens with zero attached hydrogens (tertiary/aromatic N) is 1. The monoisotopic (exact) mass is 424 g/mol. The molecule has 1 rings (SSSR count). The summed E-state index contributed by atoms with van der Waals surface area (Å²) in [6.07, 6.45) is 4.71. The fourth-order valence-corrected chi connectivity index (χ4v) is 0.132. The van der Waals surface area contributed by atoms with Crippen LogP contribution in [0.25, 0.3) is 0 Å². The zero-order valence-corrected chi connectivity index (χ0v) is 12.5. The Morgan fingerprint density at radius 2 is 1.90 bits per heavy atom. The third-order valence-corrected chi connectivity index (χ3v) is 0.275. The van der Waals surface area contributed by atoms with E-state index in [-0.39, 0.29) is 85.2 Å². The maximum atomic E-state index is 4.15. The van der Waals surface area contributed by atoms with Gasteiger partial charge in [-0.05, 0) is 0 Å². The van der Waals surface area contributed by atoms with Crippen LogP contribution in [0.15, 0.2) is 10.6 Å². The Labute approximate surface area is 112 Å². The van der Waals surface area contributed by atoms with Crippen molar-refractivity contribution in [3.63, 3.8) is 0 Å². The van der Waals surface area contributed by atoms with Crippen molar-refractivity contribution < 1.29 is 82.3 Å². The molecule has 0 bridgehead atoms. The third-order valence-electron chi connectivity index (χ3n) is 0.275. The first-order valence-corrected chi connectivity index (χ1v) is 1.19. The first kappa shape index (κ1) is 30.0. The molecule has 1 heterocycles. The predicted octanol–water partition coefficient (Wildman–Crippen LogP) is -0.107. The molecule has 0 fully saturated rings. The summed E-state index contributed by atoms with van der Waals surface area (Å²) >= 11 is 0. The van der Waals surface area contributed by atoms with Crippen LogP contribution in [-0.2, 0) is 72.3 Å². The molecule has 0 saturated carbocycles. The molecule has 6 heteroatoms. The third kappa shape index (κ3) is 16.3. The molecule has 0 aliphatic rings. The Balaban J connectivity index is -0.0000000167. The molecular weight excluding hydrogens is 418 g/mol. The van der Waals surface area contributed by atoms with Gasteiger partial charge < -0.3 is 34.8 Å². The van der Waals surface area contributed by atoms with Gasteiger partial charge in [-0.25, -0.2) is 0 Å². The zero-order valence-electron chi connectivity index (χ0n) is 5.37. The van der Waals surface area contributed by atoms with Crippen LogP contribution in [0.2, 0.25) is 0 Å². The Bertz CT molecular complexity index is 79.7. The average Bonchev–Trinajstić information content (AvgIpc) is 1.76. The summed E-state index contributed by atoms with van der Waals surface area (Å²) in [4.78, 5) is 0. The second-order valence-electron chi connectivity index (χ2n) is 0.574. The largest absolute Gasteiger partial charge is 0.599 e. The Morgan fingerprint density at radius 1 is 1.40 bits per heavy atom. The van der Waals surface area contributed by atoms with Gasteiger partial charge in [-0.15, -0.1) is 0 Å². The second-order valence-corrected chi connectivity index (χ2v) is 0.574. The maximum absolute atomic E-state index is 4.15.